The number of aliphatic hydroxyl groups is 1. The zero-order valence-electron chi connectivity index (χ0n) is 29.7. The Balaban J connectivity index is 1.18. The first-order chi connectivity index (χ1) is 24.5. The van der Waals surface area contributed by atoms with E-state index in [-0.39, 0.29) is 31.8 Å². The van der Waals surface area contributed by atoms with E-state index in [2.05, 4.69) is 43.7 Å². The van der Waals surface area contributed by atoms with E-state index in [1.165, 1.54) is 6.42 Å². The number of benzene rings is 2. The van der Waals surface area contributed by atoms with E-state index in [4.69, 9.17) is 26.5 Å². The van der Waals surface area contributed by atoms with Crippen molar-refractivity contribution in [2.75, 3.05) is 24.7 Å². The van der Waals surface area contributed by atoms with Crippen molar-refractivity contribution < 1.29 is 19.4 Å². The molecule has 51 heavy (non-hydrogen) atoms. The largest absolute Gasteiger partial charge is 0.490 e. The minimum Gasteiger partial charge on any atom is -0.490 e. The van der Waals surface area contributed by atoms with Crippen molar-refractivity contribution in [1.82, 2.24) is 25.2 Å². The molecule has 0 spiro atoms. The summed E-state index contributed by atoms with van der Waals surface area (Å²) >= 11 is 6.28. The number of amidine groups is 1. The van der Waals surface area contributed by atoms with Crippen LogP contribution in [-0.4, -0.2) is 63.1 Å². The number of anilines is 1. The van der Waals surface area contributed by atoms with Gasteiger partial charge in [0, 0.05) is 30.8 Å². The maximum atomic E-state index is 13.6. The van der Waals surface area contributed by atoms with Crippen molar-refractivity contribution in [1.29, 1.82) is 5.41 Å². The Morgan fingerprint density at radius 1 is 1.08 bits per heavy atom. The first-order valence-electron chi connectivity index (χ1n) is 17.6. The number of fused-ring (bicyclic) bond motifs is 2. The van der Waals surface area contributed by atoms with Crippen molar-refractivity contribution in [2.45, 2.75) is 84.4 Å². The summed E-state index contributed by atoms with van der Waals surface area (Å²) < 4.78 is 14.2. The van der Waals surface area contributed by atoms with Crippen LogP contribution in [0.5, 0.6) is 11.5 Å². The molecule has 13 heteroatoms. The number of carbonyl (C=O) groups is 1. The Hall–Kier alpha value is -4.68. The van der Waals surface area contributed by atoms with E-state index in [9.17, 15) is 9.90 Å². The first-order valence-corrected chi connectivity index (χ1v) is 18.0. The number of aliphatic hydroxyl groups excluding tert-OH is 1. The van der Waals surface area contributed by atoms with Crippen LogP contribution in [0.25, 0.3) is 5.65 Å². The SMILES string of the molecule is CC1CCCCN1c1nnc2ccc(OC3CCC(NC(=O)NC(CC(=N)C(C)(C)C)=Nc4ccc(Cl)c(OCCO)c4)c4ccccc43)cn12. The molecule has 0 bridgehead atoms. The third kappa shape index (κ3) is 8.62. The Morgan fingerprint density at radius 3 is 2.65 bits per heavy atom. The van der Waals surface area contributed by atoms with Crippen molar-refractivity contribution in [3.05, 3.63) is 76.9 Å². The van der Waals surface area contributed by atoms with Gasteiger partial charge < -0.3 is 30.2 Å². The third-order valence-electron chi connectivity index (χ3n) is 9.47. The summed E-state index contributed by atoms with van der Waals surface area (Å²) in [5.41, 5.74) is 3.27. The first kappa shape index (κ1) is 36.1. The highest BCUT2D eigenvalue weighted by molar-refractivity contribution is 6.32. The number of carbonyl (C=O) groups excluding carboxylic acids is 1. The van der Waals surface area contributed by atoms with Crippen LogP contribution in [0.4, 0.5) is 16.4 Å². The number of hydrogen-bond donors (Lipinski definition) is 4. The van der Waals surface area contributed by atoms with Crippen molar-refractivity contribution in [2.24, 2.45) is 10.4 Å². The van der Waals surface area contributed by atoms with Crippen LogP contribution in [0.15, 0.2) is 65.8 Å². The highest BCUT2D eigenvalue weighted by Gasteiger charge is 2.30. The summed E-state index contributed by atoms with van der Waals surface area (Å²) in [6.07, 6.45) is 6.76. The van der Waals surface area contributed by atoms with Gasteiger partial charge in [-0.1, -0.05) is 56.6 Å². The van der Waals surface area contributed by atoms with E-state index in [0.717, 1.165) is 47.9 Å². The van der Waals surface area contributed by atoms with Gasteiger partial charge in [-0.3, -0.25) is 9.72 Å². The third-order valence-corrected chi connectivity index (χ3v) is 9.78. The van der Waals surface area contributed by atoms with Gasteiger partial charge in [-0.2, -0.15) is 0 Å². The molecular weight excluding hydrogens is 668 g/mol. The molecule has 12 nitrogen and oxygen atoms in total. The highest BCUT2D eigenvalue weighted by Crippen LogP contribution is 2.39. The highest BCUT2D eigenvalue weighted by atomic mass is 35.5. The molecule has 1 fully saturated rings. The monoisotopic (exact) mass is 714 g/mol. The van der Waals surface area contributed by atoms with E-state index < -0.39 is 11.4 Å². The van der Waals surface area contributed by atoms with Crippen LogP contribution in [0.3, 0.4) is 0 Å². The Kier molecular flexibility index (Phi) is 11.1. The quantitative estimate of drug-likeness (QED) is 0.0978. The molecule has 2 aromatic carbocycles. The smallest absolute Gasteiger partial charge is 0.320 e. The van der Waals surface area contributed by atoms with Crippen molar-refractivity contribution in [3.63, 3.8) is 0 Å². The normalized spacial score (nSPS) is 19.4. The van der Waals surface area contributed by atoms with Crippen LogP contribution < -0.4 is 25.0 Å². The molecule has 1 aliphatic carbocycles. The summed E-state index contributed by atoms with van der Waals surface area (Å²) in [5.74, 6) is 2.26. The number of ether oxygens (including phenoxy) is 2. The molecule has 270 valence electrons. The van der Waals surface area contributed by atoms with Gasteiger partial charge in [-0.25, -0.2) is 9.79 Å². The van der Waals surface area contributed by atoms with Gasteiger partial charge >= 0.3 is 6.03 Å². The van der Waals surface area contributed by atoms with Crippen molar-refractivity contribution >= 4 is 46.5 Å². The second kappa shape index (κ2) is 15.7. The standard InChI is InChI=1S/C38H47ClN8O4/c1-24-9-7-8-18-46(24)37-45-44-35-17-13-26(23-47(35)37)51-31-16-15-30(27-10-5-6-11-28(27)31)42-36(49)43-34(22-33(40)38(2,3)4)41-25-12-14-29(39)32(21-25)50-20-19-48/h5-6,10-14,17,21,23-24,30-31,40,48H,7-9,15-16,18-20,22H2,1-4H3,(H2,41,42,43,49). The fourth-order valence-corrected chi connectivity index (χ4v) is 6.73. The summed E-state index contributed by atoms with van der Waals surface area (Å²) in [5, 5.41) is 33.2. The van der Waals surface area contributed by atoms with Gasteiger partial charge in [0.15, 0.2) is 5.65 Å². The maximum absolute atomic E-state index is 13.6. The number of nitrogens with one attached hydrogen (secondary N) is 3. The van der Waals surface area contributed by atoms with E-state index in [1.807, 2.05) is 61.7 Å². The van der Waals surface area contributed by atoms with Gasteiger partial charge in [0.1, 0.15) is 30.0 Å². The number of aromatic nitrogens is 3. The molecular formula is C38H47ClN8O4. The molecule has 3 unspecified atom stereocenters. The molecule has 3 heterocycles. The predicted molar refractivity (Wildman–Crippen MR) is 200 cm³/mol. The van der Waals surface area contributed by atoms with E-state index >= 15 is 0 Å². The fraction of sp³-hybridized carbons (Fsp3) is 0.447. The minimum absolute atomic E-state index is 0.0835. The van der Waals surface area contributed by atoms with Gasteiger partial charge in [0.25, 0.3) is 0 Å². The van der Waals surface area contributed by atoms with E-state index in [0.29, 0.717) is 46.9 Å². The van der Waals surface area contributed by atoms with Crippen molar-refractivity contribution in [3.8, 4) is 11.5 Å². The lowest BCUT2D eigenvalue weighted by Gasteiger charge is -2.33. The average Bonchev–Trinajstić information content (AvgIpc) is 3.52. The number of urea groups is 1. The lowest BCUT2D eigenvalue weighted by Crippen LogP contribution is -2.43. The van der Waals surface area contributed by atoms with Crippen LogP contribution in [-0.2, 0) is 0 Å². The van der Waals surface area contributed by atoms with Gasteiger partial charge in [0.2, 0.25) is 5.95 Å². The number of piperidine rings is 1. The van der Waals surface area contributed by atoms with Gasteiger partial charge in [-0.15, -0.1) is 10.2 Å². The topological polar surface area (TPSA) is 149 Å². The second-order valence-corrected chi connectivity index (χ2v) is 14.7. The second-order valence-electron chi connectivity index (χ2n) is 14.2. The molecule has 0 radical (unpaired) electrons. The predicted octanol–water partition coefficient (Wildman–Crippen LogP) is 7.57. The number of aliphatic imine (C=N–C) groups is 1. The summed E-state index contributed by atoms with van der Waals surface area (Å²) in [4.78, 5) is 20.6. The molecule has 2 aliphatic rings. The average molecular weight is 715 g/mol. The molecule has 4 aromatic rings. The number of amides is 2. The van der Waals surface area contributed by atoms with Gasteiger partial charge in [0.05, 0.1) is 29.6 Å². The number of rotatable bonds is 10. The number of pyridine rings is 1. The minimum atomic E-state index is -0.419. The molecule has 0 saturated carbocycles. The zero-order valence-corrected chi connectivity index (χ0v) is 30.4. The summed E-state index contributed by atoms with van der Waals surface area (Å²) in [6, 6.07) is 16.6. The van der Waals surface area contributed by atoms with Crippen LogP contribution in [0.1, 0.15) is 89.5 Å². The fourth-order valence-electron chi connectivity index (χ4n) is 6.56. The Labute approximate surface area is 303 Å². The molecule has 1 saturated heterocycles. The van der Waals surface area contributed by atoms with Crippen LogP contribution in [0, 0.1) is 10.8 Å². The molecule has 3 atom stereocenters. The lowest BCUT2D eigenvalue weighted by atomic mass is 9.85. The maximum Gasteiger partial charge on any atom is 0.320 e. The van der Waals surface area contributed by atoms with Gasteiger partial charge in [-0.05, 0) is 79.8 Å². The summed E-state index contributed by atoms with van der Waals surface area (Å²) in [6.45, 7) is 8.97. The Bertz CT molecular complexity index is 1900. The number of hydrogen-bond acceptors (Lipinski definition) is 9. The molecule has 6 rings (SSSR count). The number of halogens is 1. The molecule has 2 amide bonds. The Morgan fingerprint density at radius 2 is 1.88 bits per heavy atom. The summed E-state index contributed by atoms with van der Waals surface area (Å²) in [7, 11) is 0. The van der Waals surface area contributed by atoms with Crippen LogP contribution in [0.2, 0.25) is 5.02 Å². The molecule has 2 aromatic heterocycles. The molecule has 1 aliphatic heterocycles. The lowest BCUT2D eigenvalue weighted by molar-refractivity contribution is 0.171. The number of nitrogens with zero attached hydrogens (tertiary/aromatic N) is 5. The molecule has 4 N–H and O–H groups in total. The van der Waals surface area contributed by atoms with Crippen LogP contribution >= 0.6 is 11.6 Å². The zero-order chi connectivity index (χ0) is 36.1. The van der Waals surface area contributed by atoms with E-state index in [1.54, 1.807) is 18.2 Å².